The largest absolute Gasteiger partial charge is 0.382 e. The molecule has 4 nitrogen and oxygen atoms in total. The Bertz CT molecular complexity index is 436. The summed E-state index contributed by atoms with van der Waals surface area (Å²) in [5, 5.41) is 9.06. The first-order valence-electron chi connectivity index (χ1n) is 5.27. The van der Waals surface area contributed by atoms with E-state index in [1.165, 1.54) is 0 Å². The molecular formula is C11H15N3OS. The van der Waals surface area contributed by atoms with E-state index in [4.69, 9.17) is 10.5 Å². The van der Waals surface area contributed by atoms with Crippen molar-refractivity contribution in [3.05, 3.63) is 23.2 Å². The predicted molar refractivity (Wildman–Crippen MR) is 66.5 cm³/mol. The number of aromatic amines is 1. The van der Waals surface area contributed by atoms with E-state index < -0.39 is 0 Å². The van der Waals surface area contributed by atoms with Crippen LogP contribution in [0.15, 0.2) is 17.5 Å². The Morgan fingerprint density at radius 3 is 3.12 bits per heavy atom. The lowest BCUT2D eigenvalue weighted by Crippen LogP contribution is -1.99. The molecule has 0 aliphatic carbocycles. The monoisotopic (exact) mass is 237 g/mol. The number of H-pyrrole nitrogens is 1. The van der Waals surface area contributed by atoms with E-state index in [1.807, 2.05) is 18.4 Å². The Hall–Kier alpha value is -1.33. The molecule has 0 spiro atoms. The average Bonchev–Trinajstić information content (AvgIpc) is 2.88. The third kappa shape index (κ3) is 2.25. The Kier molecular flexibility index (Phi) is 3.58. The summed E-state index contributed by atoms with van der Waals surface area (Å²) < 4.78 is 5.33. The molecule has 0 aromatic carbocycles. The van der Waals surface area contributed by atoms with Crippen molar-refractivity contribution in [1.82, 2.24) is 10.2 Å². The van der Waals surface area contributed by atoms with Crippen molar-refractivity contribution in [2.45, 2.75) is 13.3 Å². The Morgan fingerprint density at radius 2 is 2.44 bits per heavy atom. The Balaban J connectivity index is 2.20. The lowest BCUT2D eigenvalue weighted by molar-refractivity contribution is 0.150. The van der Waals surface area contributed by atoms with Gasteiger partial charge in [0.1, 0.15) is 0 Å². The van der Waals surface area contributed by atoms with Crippen LogP contribution >= 0.6 is 11.3 Å². The molecule has 0 saturated heterocycles. The van der Waals surface area contributed by atoms with Gasteiger partial charge in [0.2, 0.25) is 0 Å². The van der Waals surface area contributed by atoms with Crippen molar-refractivity contribution in [1.29, 1.82) is 0 Å². The van der Waals surface area contributed by atoms with Crippen molar-refractivity contribution in [3.8, 4) is 10.4 Å². The van der Waals surface area contributed by atoms with E-state index in [1.54, 1.807) is 11.3 Å². The van der Waals surface area contributed by atoms with Gasteiger partial charge in [-0.25, -0.2) is 0 Å². The van der Waals surface area contributed by atoms with Crippen LogP contribution in [0.25, 0.3) is 10.4 Å². The molecule has 5 heteroatoms. The van der Waals surface area contributed by atoms with E-state index in [0.717, 1.165) is 29.2 Å². The van der Waals surface area contributed by atoms with Gasteiger partial charge >= 0.3 is 0 Å². The molecule has 0 saturated carbocycles. The zero-order chi connectivity index (χ0) is 11.4. The summed E-state index contributed by atoms with van der Waals surface area (Å²) in [6.07, 6.45) is 0.811. The fourth-order valence-corrected chi connectivity index (χ4v) is 2.40. The van der Waals surface area contributed by atoms with Crippen molar-refractivity contribution in [3.63, 3.8) is 0 Å². The van der Waals surface area contributed by atoms with Gasteiger partial charge in [-0.15, -0.1) is 11.3 Å². The quantitative estimate of drug-likeness (QED) is 0.784. The molecule has 0 unspecified atom stereocenters. The number of nitrogens with one attached hydrogen (secondary N) is 1. The molecule has 2 rings (SSSR count). The fraction of sp³-hybridized carbons (Fsp3) is 0.364. The minimum atomic E-state index is 0.564. The molecule has 0 aliphatic heterocycles. The summed E-state index contributed by atoms with van der Waals surface area (Å²) in [6, 6.07) is 4.06. The van der Waals surface area contributed by atoms with Gasteiger partial charge in [0.25, 0.3) is 0 Å². The molecule has 0 aliphatic rings. The molecule has 3 N–H and O–H groups in total. The lowest BCUT2D eigenvalue weighted by Gasteiger charge is -2.02. The van der Waals surface area contributed by atoms with Crippen LogP contribution in [0.2, 0.25) is 0 Å². The maximum atomic E-state index is 5.86. The zero-order valence-corrected chi connectivity index (χ0v) is 10.0. The molecule has 16 heavy (non-hydrogen) atoms. The molecule has 2 aromatic rings. The number of nitrogen functional groups attached to an aromatic ring is 1. The number of anilines is 1. The predicted octanol–water partition coefficient (Wildman–Crippen LogP) is 2.30. The van der Waals surface area contributed by atoms with Crippen molar-refractivity contribution in [2.75, 3.05) is 18.9 Å². The van der Waals surface area contributed by atoms with Crippen molar-refractivity contribution >= 4 is 17.2 Å². The smallest absolute Gasteiger partial charge is 0.154 e. The van der Waals surface area contributed by atoms with Crippen LogP contribution in [0.3, 0.4) is 0 Å². The molecule has 0 bridgehead atoms. The summed E-state index contributed by atoms with van der Waals surface area (Å²) >= 11 is 1.67. The van der Waals surface area contributed by atoms with Gasteiger partial charge < -0.3 is 10.5 Å². The molecular weight excluding hydrogens is 222 g/mol. The Morgan fingerprint density at radius 1 is 1.56 bits per heavy atom. The van der Waals surface area contributed by atoms with E-state index in [-0.39, 0.29) is 0 Å². The maximum Gasteiger partial charge on any atom is 0.154 e. The standard InChI is InChI=1S/C11H15N3OS/c1-2-15-6-5-8-10(11(12)14-13-8)9-4-3-7-16-9/h3-4,7H,2,5-6H2,1H3,(H3,12,13,14). The van der Waals surface area contributed by atoms with Gasteiger partial charge in [-0.05, 0) is 18.4 Å². The first kappa shape index (κ1) is 11.2. The van der Waals surface area contributed by atoms with Gasteiger partial charge in [0, 0.05) is 23.6 Å². The third-order valence-corrected chi connectivity index (χ3v) is 3.22. The van der Waals surface area contributed by atoms with Gasteiger partial charge in [-0.3, -0.25) is 5.10 Å². The number of hydrogen-bond acceptors (Lipinski definition) is 4. The van der Waals surface area contributed by atoms with Gasteiger partial charge in [0.05, 0.1) is 12.2 Å². The first-order valence-corrected chi connectivity index (χ1v) is 6.15. The minimum Gasteiger partial charge on any atom is -0.382 e. The number of thiophene rings is 1. The van der Waals surface area contributed by atoms with Crippen LogP contribution in [-0.4, -0.2) is 23.4 Å². The van der Waals surface area contributed by atoms with Crippen LogP contribution in [0.5, 0.6) is 0 Å². The topological polar surface area (TPSA) is 63.9 Å². The first-order chi connectivity index (χ1) is 7.83. The SMILES string of the molecule is CCOCCc1[nH]nc(N)c1-c1cccs1. The highest BCUT2D eigenvalue weighted by molar-refractivity contribution is 7.13. The molecule has 0 radical (unpaired) electrons. The van der Waals surface area contributed by atoms with Crippen LogP contribution in [-0.2, 0) is 11.2 Å². The molecule has 86 valence electrons. The van der Waals surface area contributed by atoms with Gasteiger partial charge in [-0.2, -0.15) is 5.10 Å². The number of ether oxygens (including phenoxy) is 1. The van der Waals surface area contributed by atoms with Crippen LogP contribution in [0.4, 0.5) is 5.82 Å². The zero-order valence-electron chi connectivity index (χ0n) is 9.19. The van der Waals surface area contributed by atoms with E-state index in [2.05, 4.69) is 16.3 Å². The summed E-state index contributed by atoms with van der Waals surface area (Å²) in [5.74, 6) is 0.564. The highest BCUT2D eigenvalue weighted by Gasteiger charge is 2.13. The summed E-state index contributed by atoms with van der Waals surface area (Å²) in [4.78, 5) is 1.15. The molecule has 0 atom stereocenters. The summed E-state index contributed by atoms with van der Waals surface area (Å²) in [6.45, 7) is 3.41. The molecule has 2 aromatic heterocycles. The lowest BCUT2D eigenvalue weighted by atomic mass is 10.1. The van der Waals surface area contributed by atoms with E-state index >= 15 is 0 Å². The maximum absolute atomic E-state index is 5.86. The van der Waals surface area contributed by atoms with E-state index in [9.17, 15) is 0 Å². The molecule has 2 heterocycles. The second-order valence-corrected chi connectivity index (χ2v) is 4.33. The van der Waals surface area contributed by atoms with Crippen LogP contribution in [0, 0.1) is 0 Å². The number of rotatable bonds is 5. The number of nitrogens with two attached hydrogens (primary N) is 1. The number of nitrogens with zero attached hydrogens (tertiary/aromatic N) is 1. The third-order valence-electron chi connectivity index (χ3n) is 2.34. The van der Waals surface area contributed by atoms with Crippen molar-refractivity contribution in [2.24, 2.45) is 0 Å². The highest BCUT2D eigenvalue weighted by atomic mass is 32.1. The van der Waals surface area contributed by atoms with Gasteiger partial charge in [-0.1, -0.05) is 6.07 Å². The highest BCUT2D eigenvalue weighted by Crippen LogP contribution is 2.31. The fourth-order valence-electron chi connectivity index (χ4n) is 1.59. The second-order valence-electron chi connectivity index (χ2n) is 3.39. The number of aromatic nitrogens is 2. The number of hydrogen-bond donors (Lipinski definition) is 2. The average molecular weight is 237 g/mol. The van der Waals surface area contributed by atoms with Gasteiger partial charge in [0.15, 0.2) is 5.82 Å². The van der Waals surface area contributed by atoms with Crippen molar-refractivity contribution < 1.29 is 4.74 Å². The molecule has 0 amide bonds. The summed E-state index contributed by atoms with van der Waals surface area (Å²) in [7, 11) is 0. The Labute approximate surface area is 98.4 Å². The van der Waals surface area contributed by atoms with Crippen LogP contribution in [0.1, 0.15) is 12.6 Å². The molecule has 0 fully saturated rings. The van der Waals surface area contributed by atoms with E-state index in [0.29, 0.717) is 12.4 Å². The summed E-state index contributed by atoms with van der Waals surface area (Å²) in [5.41, 5.74) is 7.93. The normalized spacial score (nSPS) is 10.8. The van der Waals surface area contributed by atoms with Crippen LogP contribution < -0.4 is 5.73 Å². The minimum absolute atomic E-state index is 0.564. The second kappa shape index (κ2) is 5.14.